The highest BCUT2D eigenvalue weighted by molar-refractivity contribution is 5.81. The summed E-state index contributed by atoms with van der Waals surface area (Å²) >= 11 is 0. The lowest BCUT2D eigenvalue weighted by atomic mass is 9.81. The van der Waals surface area contributed by atoms with Crippen LogP contribution in [0.25, 0.3) is 5.65 Å². The fourth-order valence-corrected chi connectivity index (χ4v) is 4.26. The molecule has 4 rings (SSSR count). The molecule has 1 unspecified atom stereocenters. The van der Waals surface area contributed by atoms with Gasteiger partial charge in [-0.2, -0.15) is 18.3 Å². The molecule has 164 valence electrons. The maximum Gasteiger partial charge on any atom is 0.408 e. The Hall–Kier alpha value is -2.30. The quantitative estimate of drug-likeness (QED) is 0.729. The maximum atomic E-state index is 13.4. The number of alkyl halides is 5. The van der Waals surface area contributed by atoms with Crippen LogP contribution in [-0.2, 0) is 11.2 Å². The van der Waals surface area contributed by atoms with Crippen LogP contribution in [0.2, 0.25) is 0 Å². The number of amides is 1. The number of nitrogens with one attached hydrogen (secondary N) is 1. The number of halogens is 5. The minimum absolute atomic E-state index is 0.0750. The van der Waals surface area contributed by atoms with Crippen molar-refractivity contribution >= 4 is 11.6 Å². The van der Waals surface area contributed by atoms with Crippen molar-refractivity contribution in [1.29, 1.82) is 0 Å². The van der Waals surface area contributed by atoms with E-state index < -0.39 is 36.0 Å². The van der Waals surface area contributed by atoms with Gasteiger partial charge in [-0.1, -0.05) is 0 Å². The lowest BCUT2D eigenvalue weighted by Gasteiger charge is -2.31. The highest BCUT2D eigenvalue weighted by atomic mass is 19.4. The van der Waals surface area contributed by atoms with Crippen molar-refractivity contribution in [2.24, 2.45) is 17.6 Å². The van der Waals surface area contributed by atoms with Gasteiger partial charge in [-0.05, 0) is 37.3 Å². The van der Waals surface area contributed by atoms with Gasteiger partial charge in [0.1, 0.15) is 6.04 Å². The third-order valence-electron chi connectivity index (χ3n) is 6.06. The number of nitrogens with zero attached hydrogens (tertiary/aromatic N) is 3. The normalized spacial score (nSPS) is 26.1. The molecule has 1 aliphatic heterocycles. The third kappa shape index (κ3) is 4.26. The average molecular weight is 431 g/mol. The monoisotopic (exact) mass is 431 g/mol. The number of carbonyl (C=O) groups is 1. The van der Waals surface area contributed by atoms with Crippen LogP contribution in [0.3, 0.4) is 0 Å². The highest BCUT2D eigenvalue weighted by Crippen LogP contribution is 2.40. The lowest BCUT2D eigenvalue weighted by Crippen LogP contribution is -2.38. The summed E-state index contributed by atoms with van der Waals surface area (Å²) in [5.41, 5.74) is 7.74. The second-order valence-electron chi connectivity index (χ2n) is 8.25. The minimum Gasteiger partial charge on any atom is -0.344 e. The van der Waals surface area contributed by atoms with Gasteiger partial charge >= 0.3 is 6.18 Å². The van der Waals surface area contributed by atoms with Crippen LogP contribution in [0.5, 0.6) is 0 Å². The first-order chi connectivity index (χ1) is 14.0. The molecule has 0 aromatic carbocycles. The number of nitrogens with two attached hydrogens (primary N) is 1. The first-order valence-electron chi connectivity index (χ1n) is 9.87. The Morgan fingerprint density at radius 2 is 1.97 bits per heavy atom. The zero-order valence-corrected chi connectivity index (χ0v) is 16.0. The summed E-state index contributed by atoms with van der Waals surface area (Å²) in [4.78, 5) is 16.3. The topological polar surface area (TPSA) is 85.3 Å². The standard InChI is InChI=1S/C19H22F5N5O/c20-18(21)5-3-10(4-6-18)16(25)13-9-29-15(26-13)2-1-12(28-29)7-11-8-14(19(22,23)24)27-17(11)30/h1-2,9-11,14,16H,3-8,25H2,(H,27,30)/t11-,14-,16?/m0/s1. The summed E-state index contributed by atoms with van der Waals surface area (Å²) in [7, 11) is 0. The predicted molar refractivity (Wildman–Crippen MR) is 96.6 cm³/mol. The van der Waals surface area contributed by atoms with E-state index in [4.69, 9.17) is 5.73 Å². The molecule has 1 saturated carbocycles. The minimum atomic E-state index is -4.47. The van der Waals surface area contributed by atoms with Crippen LogP contribution < -0.4 is 11.1 Å². The fraction of sp³-hybridized carbons (Fsp3) is 0.632. The zero-order valence-electron chi connectivity index (χ0n) is 16.0. The van der Waals surface area contributed by atoms with E-state index in [9.17, 15) is 26.7 Å². The van der Waals surface area contributed by atoms with E-state index in [0.717, 1.165) is 0 Å². The molecule has 3 N–H and O–H groups in total. The molecule has 30 heavy (non-hydrogen) atoms. The van der Waals surface area contributed by atoms with Crippen molar-refractivity contribution in [3.05, 3.63) is 29.7 Å². The average Bonchev–Trinajstić information content (AvgIpc) is 3.24. The largest absolute Gasteiger partial charge is 0.408 e. The number of aromatic nitrogens is 3. The Bertz CT molecular complexity index is 933. The van der Waals surface area contributed by atoms with E-state index in [2.05, 4.69) is 10.1 Å². The van der Waals surface area contributed by atoms with Crippen molar-refractivity contribution < 1.29 is 26.7 Å². The van der Waals surface area contributed by atoms with E-state index >= 15 is 0 Å². The molecule has 2 aromatic rings. The summed E-state index contributed by atoms with van der Waals surface area (Å²) in [5.74, 6) is -4.18. The predicted octanol–water partition coefficient (Wildman–Crippen LogP) is 3.16. The molecule has 2 fully saturated rings. The zero-order chi connectivity index (χ0) is 21.7. The SMILES string of the molecule is NC(c1cn2nc(C[C@H]3C[C@@H](C(F)(F)F)NC3=O)ccc2n1)C1CCC(F)(F)CC1. The van der Waals surface area contributed by atoms with Crippen molar-refractivity contribution in [3.8, 4) is 0 Å². The lowest BCUT2D eigenvalue weighted by molar-refractivity contribution is -0.154. The Kier molecular flexibility index (Phi) is 5.19. The van der Waals surface area contributed by atoms with Gasteiger partial charge in [0.05, 0.1) is 23.6 Å². The van der Waals surface area contributed by atoms with Crippen LogP contribution >= 0.6 is 0 Å². The van der Waals surface area contributed by atoms with E-state index in [1.54, 1.807) is 18.3 Å². The number of hydrogen-bond donors (Lipinski definition) is 2. The van der Waals surface area contributed by atoms with E-state index in [1.807, 2.05) is 5.32 Å². The molecule has 0 radical (unpaired) electrons. The van der Waals surface area contributed by atoms with Crippen molar-refractivity contribution in [1.82, 2.24) is 19.9 Å². The molecule has 0 spiro atoms. The van der Waals surface area contributed by atoms with E-state index in [1.165, 1.54) is 4.52 Å². The summed E-state index contributed by atoms with van der Waals surface area (Å²) in [6, 6.07) is 0.938. The molecule has 1 saturated heterocycles. The summed E-state index contributed by atoms with van der Waals surface area (Å²) in [6.45, 7) is 0. The maximum absolute atomic E-state index is 13.4. The number of hydrogen-bond acceptors (Lipinski definition) is 4. The smallest absolute Gasteiger partial charge is 0.344 e. The molecule has 2 aliphatic rings. The Labute approximate surface area is 169 Å². The first kappa shape index (κ1) is 21.0. The van der Waals surface area contributed by atoms with Gasteiger partial charge < -0.3 is 11.1 Å². The van der Waals surface area contributed by atoms with Gasteiger partial charge in [-0.3, -0.25) is 4.79 Å². The molecule has 1 amide bonds. The van der Waals surface area contributed by atoms with Gasteiger partial charge in [0, 0.05) is 25.2 Å². The number of rotatable bonds is 4. The third-order valence-corrected chi connectivity index (χ3v) is 6.06. The summed E-state index contributed by atoms with van der Waals surface area (Å²) in [5, 5.41) is 6.33. The van der Waals surface area contributed by atoms with Gasteiger partial charge in [0.15, 0.2) is 5.65 Å². The Morgan fingerprint density at radius 1 is 1.27 bits per heavy atom. The Balaban J connectivity index is 1.46. The van der Waals surface area contributed by atoms with Gasteiger partial charge in [-0.25, -0.2) is 18.3 Å². The summed E-state index contributed by atoms with van der Waals surface area (Å²) < 4.78 is 66.7. The van der Waals surface area contributed by atoms with Crippen LogP contribution in [0.1, 0.15) is 49.5 Å². The first-order valence-corrected chi connectivity index (χ1v) is 9.87. The van der Waals surface area contributed by atoms with Crippen LogP contribution in [0.15, 0.2) is 18.3 Å². The molecule has 2 aromatic heterocycles. The molecule has 1 aliphatic carbocycles. The molecule has 0 bridgehead atoms. The number of fused-ring (bicyclic) bond motifs is 1. The van der Waals surface area contributed by atoms with E-state index in [0.29, 0.717) is 29.9 Å². The van der Waals surface area contributed by atoms with Crippen molar-refractivity contribution in [2.45, 2.75) is 62.7 Å². The Morgan fingerprint density at radius 3 is 2.60 bits per heavy atom. The molecule has 11 heteroatoms. The summed E-state index contributed by atoms with van der Waals surface area (Å²) in [6.07, 6.45) is -2.85. The molecular weight excluding hydrogens is 409 g/mol. The fourth-order valence-electron chi connectivity index (χ4n) is 4.26. The molecule has 6 nitrogen and oxygen atoms in total. The number of imidazole rings is 1. The van der Waals surface area contributed by atoms with Crippen LogP contribution in [0.4, 0.5) is 22.0 Å². The second kappa shape index (κ2) is 7.44. The van der Waals surface area contributed by atoms with Gasteiger partial charge in [-0.15, -0.1) is 0 Å². The molecule has 3 heterocycles. The molecular formula is C19H22F5N5O. The van der Waals surface area contributed by atoms with Crippen LogP contribution in [-0.4, -0.2) is 38.6 Å². The number of carbonyl (C=O) groups excluding carboxylic acids is 1. The molecule has 3 atom stereocenters. The van der Waals surface area contributed by atoms with Crippen LogP contribution in [0, 0.1) is 11.8 Å². The second-order valence-corrected chi connectivity index (χ2v) is 8.25. The van der Waals surface area contributed by atoms with Crippen molar-refractivity contribution in [2.75, 3.05) is 0 Å². The van der Waals surface area contributed by atoms with Gasteiger partial charge in [0.2, 0.25) is 11.8 Å². The highest BCUT2D eigenvalue weighted by Gasteiger charge is 2.47. The van der Waals surface area contributed by atoms with Crippen molar-refractivity contribution in [3.63, 3.8) is 0 Å². The van der Waals surface area contributed by atoms with Gasteiger partial charge in [0.25, 0.3) is 0 Å². The van der Waals surface area contributed by atoms with E-state index in [-0.39, 0.29) is 31.6 Å².